The summed E-state index contributed by atoms with van der Waals surface area (Å²) in [5.74, 6) is 0.306. The van der Waals surface area contributed by atoms with E-state index in [1.165, 1.54) is 199 Å². The van der Waals surface area contributed by atoms with Gasteiger partial charge in [-0.05, 0) is 245 Å². The second-order valence-electron chi connectivity index (χ2n) is 30.0. The highest BCUT2D eigenvalue weighted by molar-refractivity contribution is 7.25. The third kappa shape index (κ3) is 9.31. The molecule has 1 unspecified atom stereocenters. The average molecular weight is 1320 g/mol. The van der Waals surface area contributed by atoms with E-state index >= 15 is 0 Å². The molecule has 0 amide bonds. The molecule has 6 heterocycles. The maximum Gasteiger partial charge on any atom is 0.259 e. The Hall–Kier alpha value is -10.4. The van der Waals surface area contributed by atoms with E-state index in [1.54, 1.807) is 17.5 Å². The van der Waals surface area contributed by atoms with Gasteiger partial charge in [-0.2, -0.15) is 9.13 Å². The number of pyridine rings is 4. The number of aromatic nitrogens is 4. The second-order valence-corrected chi connectivity index (χ2v) is 31.1. The van der Waals surface area contributed by atoms with Gasteiger partial charge in [-0.1, -0.05) is 153 Å². The van der Waals surface area contributed by atoms with Crippen molar-refractivity contribution < 1.29 is 26.8 Å². The number of nitrogens with zero attached hydrogens (tertiary/aromatic N) is 4. The van der Waals surface area contributed by atoms with E-state index in [1.807, 2.05) is 17.7 Å². The van der Waals surface area contributed by atoms with E-state index in [4.69, 9.17) is 8.53 Å². The zero-order valence-electron chi connectivity index (χ0n) is 62.6. The molecule has 100 heavy (non-hydrogen) atoms. The van der Waals surface area contributed by atoms with Crippen molar-refractivity contribution in [3.05, 3.63) is 318 Å². The fourth-order valence-electron chi connectivity index (χ4n) is 19.1. The summed E-state index contributed by atoms with van der Waals surface area (Å²) in [7, 11) is 8.44. The summed E-state index contributed by atoms with van der Waals surface area (Å²) < 4.78 is 40.5. The Morgan fingerprint density at radius 1 is 0.390 bits per heavy atom. The smallest absolute Gasteiger partial charge is 0.259 e. The van der Waals surface area contributed by atoms with Crippen molar-refractivity contribution in [1.82, 2.24) is 0 Å². The van der Waals surface area contributed by atoms with Gasteiger partial charge in [0.1, 0.15) is 38.5 Å². The number of furan rings is 1. The molecule has 0 spiro atoms. The van der Waals surface area contributed by atoms with Crippen LogP contribution in [-0.4, -0.2) is 0 Å². The Morgan fingerprint density at radius 2 is 0.910 bits per heavy atom. The molecular weight excluding hydrogens is 1230 g/mol. The Kier molecular flexibility index (Phi) is 13.4. The van der Waals surface area contributed by atoms with Crippen molar-refractivity contribution in [2.24, 2.45) is 28.2 Å². The van der Waals surface area contributed by atoms with Crippen LogP contribution in [0.15, 0.2) is 205 Å². The molecule has 21 rings (SSSR count). The minimum atomic E-state index is -2.09. The molecule has 6 heteroatoms. The number of aryl methyl sites for hydroxylation is 10. The van der Waals surface area contributed by atoms with Crippen molar-refractivity contribution in [3.63, 3.8) is 0 Å². The van der Waals surface area contributed by atoms with Crippen molar-refractivity contribution in [3.8, 4) is 67.0 Å². The summed E-state index contributed by atoms with van der Waals surface area (Å²) in [6.07, 6.45) is 12.5. The SMILES string of the molecule is Cc1cc2c([n+](C)c1)-c1c(cc3c(c1C)-c1ccccc1C3)C2(C)C.Cc1cc2c([n+](C)c1)-c1c(cc3c(c1C)-c1ccccc1C3)C2c1ccccc1.Cc1cc2oc3cc4c(c(C)c3c2[n+](C)c1)-c1ccccc1C4.[2H]C([2H])([2H])c1cc2sc3cc4c(c(C)c3c2[n+](C)c1)Cc1ccccc1-4. The van der Waals surface area contributed by atoms with Crippen LogP contribution in [0.4, 0.5) is 0 Å². The third-order valence-corrected chi connectivity index (χ3v) is 24.2. The van der Waals surface area contributed by atoms with E-state index in [0.717, 1.165) is 47.1 Å². The lowest BCUT2D eigenvalue weighted by Gasteiger charge is -2.21. The van der Waals surface area contributed by atoms with Gasteiger partial charge >= 0.3 is 0 Å². The van der Waals surface area contributed by atoms with Crippen LogP contribution in [0.25, 0.3) is 109 Å². The minimum Gasteiger partial charge on any atom is -0.449 e. The van der Waals surface area contributed by atoms with Crippen LogP contribution < -0.4 is 18.3 Å². The highest BCUT2D eigenvalue weighted by Gasteiger charge is 2.45. The summed E-state index contributed by atoms with van der Waals surface area (Å²) in [5.41, 5.74) is 49.8. The molecule has 6 aliphatic carbocycles. The highest BCUT2D eigenvalue weighted by atomic mass is 32.1. The molecule has 0 N–H and O–H groups in total. The summed E-state index contributed by atoms with van der Waals surface area (Å²) >= 11 is 1.69. The van der Waals surface area contributed by atoms with E-state index in [9.17, 15) is 0 Å². The number of rotatable bonds is 1. The van der Waals surface area contributed by atoms with E-state index in [0.29, 0.717) is 11.5 Å². The molecule has 15 aromatic rings. The number of benzene rings is 9. The van der Waals surface area contributed by atoms with Gasteiger partial charge in [-0.15, -0.1) is 11.3 Å². The zero-order valence-corrected chi connectivity index (χ0v) is 60.4. The van der Waals surface area contributed by atoms with Gasteiger partial charge in [0.25, 0.3) is 5.52 Å². The average Bonchev–Trinajstić information content (AvgIpc) is 1.56. The Morgan fingerprint density at radius 3 is 1.56 bits per heavy atom. The summed E-state index contributed by atoms with van der Waals surface area (Å²) in [6.45, 7) is 18.3. The fraction of sp³-hybridized carbons (Fsp3) is 0.213. The molecule has 0 fully saturated rings. The topological polar surface area (TPSA) is 28.7 Å². The maximum absolute atomic E-state index is 7.73. The van der Waals surface area contributed by atoms with Crippen molar-refractivity contribution in [2.45, 2.75) is 106 Å². The highest BCUT2D eigenvalue weighted by Crippen LogP contribution is 2.56. The largest absolute Gasteiger partial charge is 0.449 e. The molecule has 5 nitrogen and oxygen atoms in total. The first-order chi connectivity index (χ1) is 49.5. The predicted octanol–water partition coefficient (Wildman–Crippen LogP) is 20.5. The van der Waals surface area contributed by atoms with Crippen LogP contribution >= 0.6 is 11.3 Å². The quantitative estimate of drug-likeness (QED) is 0.151. The minimum absolute atomic E-state index is 0.0585. The van der Waals surface area contributed by atoms with Crippen LogP contribution in [0.2, 0.25) is 0 Å². The third-order valence-electron chi connectivity index (χ3n) is 23.1. The van der Waals surface area contributed by atoms with Crippen LogP contribution in [0.1, 0.15) is 141 Å². The molecular formula is C94H84N4OS+4. The van der Waals surface area contributed by atoms with Crippen LogP contribution in [0.5, 0.6) is 0 Å². The normalized spacial score (nSPS) is 14.9. The van der Waals surface area contributed by atoms with Gasteiger partial charge in [0.05, 0.1) is 21.9 Å². The van der Waals surface area contributed by atoms with Gasteiger partial charge in [-0.3, -0.25) is 0 Å². The van der Waals surface area contributed by atoms with Gasteiger partial charge in [0.15, 0.2) is 30.4 Å². The maximum atomic E-state index is 7.73. The second kappa shape index (κ2) is 22.8. The van der Waals surface area contributed by atoms with E-state index < -0.39 is 6.85 Å². The van der Waals surface area contributed by atoms with Gasteiger partial charge in [0.2, 0.25) is 16.9 Å². The first-order valence-electron chi connectivity index (χ1n) is 37.0. The molecule has 0 saturated carbocycles. The number of hydrogen-bond donors (Lipinski definition) is 0. The van der Waals surface area contributed by atoms with Crippen molar-refractivity contribution in [1.29, 1.82) is 0 Å². The van der Waals surface area contributed by atoms with Crippen LogP contribution in [0.3, 0.4) is 0 Å². The molecule has 1 atom stereocenters. The van der Waals surface area contributed by atoms with Crippen molar-refractivity contribution >= 4 is 53.7 Å². The van der Waals surface area contributed by atoms with Gasteiger partial charge < -0.3 is 4.42 Å². The van der Waals surface area contributed by atoms with Crippen LogP contribution in [-0.2, 0) is 59.3 Å². The van der Waals surface area contributed by atoms with Crippen LogP contribution in [0, 0.1) is 55.3 Å². The molecule has 9 aromatic carbocycles. The Bertz CT molecular complexity index is 6220. The first kappa shape index (κ1) is 58.6. The lowest BCUT2D eigenvalue weighted by Crippen LogP contribution is -2.32. The molecule has 488 valence electrons. The van der Waals surface area contributed by atoms with Gasteiger partial charge in [0, 0.05) is 53.5 Å². The summed E-state index contributed by atoms with van der Waals surface area (Å²) in [4.78, 5) is 0. The molecule has 0 aliphatic heterocycles. The standard InChI is InChI=1S/C28H24N.C24H24N.C21H18NO.C21H18NS/c1-17-13-24-27(19-9-5-4-6-10-19)23-15-21-14-20-11-7-8-12-22(20)25(21)18(2)26(23)28(24)29(3)16-17;1-14-10-20-23(25(5)13-14)22-15(2)21-17(12-19(22)24(20,3)4)11-16-8-6-7-9-18(16)21;1-12-8-18-21(22(3)11-12)20-13(2)19-15(10-17(20)23-18)9-14-6-4-5-7-16(14)19;1-12-8-19-21(22(3)11-12)20-13(2)16-9-14-6-4-5-7-15(14)17(16)10-18(20)23-19/h4-13,15-16,27H,14H2,1-3H3;6-10,12-13H,11H2,1-5H3;2*4-8,10-11H,9H2,1-3H3/q4*+1/i;;;1D3. The Balaban J connectivity index is 0.0000000984. The summed E-state index contributed by atoms with van der Waals surface area (Å²) in [6, 6.07) is 64.5. The lowest BCUT2D eigenvalue weighted by atomic mass is 9.80. The summed E-state index contributed by atoms with van der Waals surface area (Å²) in [5, 5.41) is 2.51. The molecule has 6 aromatic heterocycles. The molecule has 0 saturated heterocycles. The Labute approximate surface area is 595 Å². The zero-order chi connectivity index (χ0) is 71.1. The predicted molar refractivity (Wildman–Crippen MR) is 412 cm³/mol. The fourth-order valence-corrected chi connectivity index (χ4v) is 20.4. The molecule has 0 radical (unpaired) electrons. The van der Waals surface area contributed by atoms with E-state index in [2.05, 4.69) is 286 Å². The number of thiophene rings is 1. The number of hydrogen-bond acceptors (Lipinski definition) is 2. The lowest BCUT2D eigenvalue weighted by molar-refractivity contribution is -0.661. The van der Waals surface area contributed by atoms with Gasteiger partial charge in [-0.25, -0.2) is 9.13 Å². The molecule has 0 bridgehead atoms. The number of fused-ring (bicyclic) bond motifs is 24. The van der Waals surface area contributed by atoms with E-state index in [-0.39, 0.29) is 5.41 Å². The monoisotopic (exact) mass is 1320 g/mol. The van der Waals surface area contributed by atoms with Crippen molar-refractivity contribution in [2.75, 3.05) is 0 Å². The first-order valence-corrected chi connectivity index (χ1v) is 36.3. The molecule has 6 aliphatic rings.